The maximum Gasteiger partial charge on any atom is 0.293 e. The molecule has 1 aliphatic rings. The van der Waals surface area contributed by atoms with Crippen LogP contribution < -0.4 is 9.47 Å². The summed E-state index contributed by atoms with van der Waals surface area (Å²) in [6, 6.07) is 5.32. The lowest BCUT2D eigenvalue weighted by Gasteiger charge is -2.14. The van der Waals surface area contributed by atoms with Crippen LogP contribution in [0, 0.1) is 5.92 Å². The van der Waals surface area contributed by atoms with Gasteiger partial charge >= 0.3 is 0 Å². The molecule has 0 spiro atoms. The number of hydrogen-bond donors (Lipinski definition) is 0. The molecule has 0 saturated carbocycles. The van der Waals surface area contributed by atoms with Gasteiger partial charge in [0.2, 0.25) is 0 Å². The van der Waals surface area contributed by atoms with Gasteiger partial charge in [-0.25, -0.2) is 0 Å². The fourth-order valence-corrected chi connectivity index (χ4v) is 2.94. The van der Waals surface area contributed by atoms with Crippen LogP contribution >= 0.6 is 11.8 Å². The van der Waals surface area contributed by atoms with Crippen LogP contribution in [-0.4, -0.2) is 36.8 Å². The van der Waals surface area contributed by atoms with Gasteiger partial charge in [0.1, 0.15) is 11.5 Å². The van der Waals surface area contributed by atoms with Crippen molar-refractivity contribution in [3.05, 3.63) is 28.7 Å². The van der Waals surface area contributed by atoms with Crippen LogP contribution in [0.4, 0.5) is 4.79 Å². The molecule has 0 N–H and O–H groups in total. The maximum atomic E-state index is 12.3. The van der Waals surface area contributed by atoms with Gasteiger partial charge in [0.25, 0.3) is 11.1 Å². The minimum absolute atomic E-state index is 0.225. The number of ether oxygens (including phenoxy) is 2. The molecular weight excluding hydrogens is 302 g/mol. The Morgan fingerprint density at radius 1 is 1.23 bits per heavy atom. The summed E-state index contributed by atoms with van der Waals surface area (Å²) in [5, 5.41) is -0.225. The van der Waals surface area contributed by atoms with Crippen molar-refractivity contribution in [2.24, 2.45) is 5.92 Å². The van der Waals surface area contributed by atoms with Crippen LogP contribution in [0.25, 0.3) is 6.08 Å². The molecule has 2 amide bonds. The largest absolute Gasteiger partial charge is 0.497 e. The van der Waals surface area contributed by atoms with Gasteiger partial charge in [-0.15, -0.1) is 0 Å². The van der Waals surface area contributed by atoms with E-state index in [1.54, 1.807) is 38.5 Å². The average molecular weight is 321 g/mol. The first kappa shape index (κ1) is 16.4. The van der Waals surface area contributed by atoms with Gasteiger partial charge in [0.05, 0.1) is 19.1 Å². The van der Waals surface area contributed by atoms with Crippen molar-refractivity contribution in [3.63, 3.8) is 0 Å². The number of benzene rings is 1. The van der Waals surface area contributed by atoms with Crippen molar-refractivity contribution in [2.45, 2.75) is 13.8 Å². The molecule has 1 aromatic rings. The van der Waals surface area contributed by atoms with E-state index in [0.29, 0.717) is 22.9 Å². The summed E-state index contributed by atoms with van der Waals surface area (Å²) in [6.45, 7) is 4.38. The minimum atomic E-state index is -0.249. The molecule has 1 heterocycles. The Balaban J connectivity index is 2.30. The number of methoxy groups -OCH3 is 2. The van der Waals surface area contributed by atoms with Gasteiger partial charge in [0, 0.05) is 18.2 Å². The molecule has 0 aromatic heterocycles. The third-order valence-corrected chi connectivity index (χ3v) is 4.06. The first-order valence-electron chi connectivity index (χ1n) is 6.93. The van der Waals surface area contributed by atoms with Gasteiger partial charge in [-0.3, -0.25) is 14.5 Å². The first-order valence-corrected chi connectivity index (χ1v) is 7.75. The van der Waals surface area contributed by atoms with Crippen molar-refractivity contribution >= 4 is 29.0 Å². The third-order valence-electron chi connectivity index (χ3n) is 3.15. The number of thioether (sulfide) groups is 1. The Bertz CT molecular complexity index is 625. The van der Waals surface area contributed by atoms with Gasteiger partial charge in [-0.05, 0) is 35.9 Å². The zero-order chi connectivity index (χ0) is 16.3. The second-order valence-corrected chi connectivity index (χ2v) is 6.29. The van der Waals surface area contributed by atoms with Gasteiger partial charge in [-0.2, -0.15) is 0 Å². The highest BCUT2D eigenvalue weighted by Crippen LogP contribution is 2.35. The lowest BCUT2D eigenvalue weighted by Crippen LogP contribution is -2.31. The summed E-state index contributed by atoms with van der Waals surface area (Å²) in [4.78, 5) is 26.0. The average Bonchev–Trinajstić information content (AvgIpc) is 2.75. The fraction of sp³-hybridized carbons (Fsp3) is 0.375. The number of carbonyl (C=O) groups excluding carboxylic acids is 2. The molecule has 1 fully saturated rings. The maximum absolute atomic E-state index is 12.3. The molecule has 1 aliphatic heterocycles. The lowest BCUT2D eigenvalue weighted by molar-refractivity contribution is -0.123. The molecule has 2 rings (SSSR count). The Labute approximate surface area is 134 Å². The van der Waals surface area contributed by atoms with Crippen LogP contribution in [-0.2, 0) is 4.79 Å². The lowest BCUT2D eigenvalue weighted by atomic mass is 10.1. The zero-order valence-electron chi connectivity index (χ0n) is 13.1. The number of rotatable bonds is 5. The third kappa shape index (κ3) is 3.44. The van der Waals surface area contributed by atoms with E-state index in [2.05, 4.69) is 0 Å². The minimum Gasteiger partial charge on any atom is -0.497 e. The first-order chi connectivity index (χ1) is 10.5. The summed E-state index contributed by atoms with van der Waals surface area (Å²) in [5.74, 6) is 1.25. The van der Waals surface area contributed by atoms with E-state index in [1.165, 1.54) is 4.90 Å². The summed E-state index contributed by atoms with van der Waals surface area (Å²) in [7, 11) is 3.13. The van der Waals surface area contributed by atoms with Crippen molar-refractivity contribution in [2.75, 3.05) is 20.8 Å². The summed E-state index contributed by atoms with van der Waals surface area (Å²) >= 11 is 0.959. The normalized spacial score (nSPS) is 16.8. The Kier molecular flexibility index (Phi) is 5.13. The smallest absolute Gasteiger partial charge is 0.293 e. The highest BCUT2D eigenvalue weighted by atomic mass is 32.2. The zero-order valence-corrected chi connectivity index (χ0v) is 13.9. The predicted octanol–water partition coefficient (Wildman–Crippen LogP) is 3.40. The molecule has 0 aliphatic carbocycles. The Morgan fingerprint density at radius 2 is 1.95 bits per heavy atom. The molecule has 5 nitrogen and oxygen atoms in total. The van der Waals surface area contributed by atoms with E-state index in [-0.39, 0.29) is 17.1 Å². The van der Waals surface area contributed by atoms with Gasteiger partial charge in [-0.1, -0.05) is 13.8 Å². The molecule has 0 unspecified atom stereocenters. The van der Waals surface area contributed by atoms with Crippen molar-refractivity contribution in [3.8, 4) is 11.5 Å². The van der Waals surface area contributed by atoms with E-state index in [0.717, 1.165) is 17.3 Å². The van der Waals surface area contributed by atoms with E-state index in [4.69, 9.17) is 9.47 Å². The molecule has 0 bridgehead atoms. The standard InChI is InChI=1S/C16H19NO4S/c1-10(2)9-17-15(18)14(22-16(17)19)7-11-5-6-12(20-3)8-13(11)21-4/h5-8,10H,9H2,1-4H3. The summed E-state index contributed by atoms with van der Waals surface area (Å²) in [6.07, 6.45) is 1.68. The van der Waals surface area contributed by atoms with Crippen LogP contribution in [0.3, 0.4) is 0 Å². The highest BCUT2D eigenvalue weighted by molar-refractivity contribution is 8.18. The van der Waals surface area contributed by atoms with Crippen LogP contribution in [0.5, 0.6) is 11.5 Å². The number of nitrogens with zero attached hydrogens (tertiary/aromatic N) is 1. The van der Waals surface area contributed by atoms with E-state index >= 15 is 0 Å². The topological polar surface area (TPSA) is 55.8 Å². The van der Waals surface area contributed by atoms with Crippen LogP contribution in [0.1, 0.15) is 19.4 Å². The molecular formula is C16H19NO4S. The predicted molar refractivity (Wildman–Crippen MR) is 87.1 cm³/mol. The van der Waals surface area contributed by atoms with E-state index in [1.807, 2.05) is 13.8 Å². The number of imide groups is 1. The summed E-state index contributed by atoms with van der Waals surface area (Å²) in [5.41, 5.74) is 0.735. The van der Waals surface area contributed by atoms with Crippen molar-refractivity contribution in [1.29, 1.82) is 0 Å². The number of hydrogen-bond acceptors (Lipinski definition) is 5. The van der Waals surface area contributed by atoms with E-state index < -0.39 is 0 Å². The molecule has 0 atom stereocenters. The summed E-state index contributed by atoms with van der Waals surface area (Å²) < 4.78 is 10.5. The highest BCUT2D eigenvalue weighted by Gasteiger charge is 2.35. The molecule has 6 heteroatoms. The SMILES string of the molecule is COc1ccc(C=C2SC(=O)N(CC(C)C)C2=O)c(OC)c1. The van der Waals surface area contributed by atoms with Crippen molar-refractivity contribution < 1.29 is 19.1 Å². The number of carbonyl (C=O) groups is 2. The van der Waals surface area contributed by atoms with Crippen molar-refractivity contribution in [1.82, 2.24) is 4.90 Å². The molecule has 22 heavy (non-hydrogen) atoms. The second kappa shape index (κ2) is 6.87. The van der Waals surface area contributed by atoms with Crippen LogP contribution in [0.2, 0.25) is 0 Å². The number of amides is 2. The fourth-order valence-electron chi connectivity index (χ4n) is 2.10. The van der Waals surface area contributed by atoms with Crippen LogP contribution in [0.15, 0.2) is 23.1 Å². The van der Waals surface area contributed by atoms with Gasteiger partial charge < -0.3 is 9.47 Å². The van der Waals surface area contributed by atoms with E-state index in [9.17, 15) is 9.59 Å². The Morgan fingerprint density at radius 3 is 2.55 bits per heavy atom. The van der Waals surface area contributed by atoms with Gasteiger partial charge in [0.15, 0.2) is 0 Å². The molecule has 0 radical (unpaired) electrons. The second-order valence-electron chi connectivity index (χ2n) is 5.29. The molecule has 1 saturated heterocycles. The molecule has 118 valence electrons. The molecule has 1 aromatic carbocycles. The Hall–Kier alpha value is -1.95. The monoisotopic (exact) mass is 321 g/mol. The quantitative estimate of drug-likeness (QED) is 0.778.